The second-order valence-electron chi connectivity index (χ2n) is 8.25. The highest BCUT2D eigenvalue weighted by molar-refractivity contribution is 5.98. The standard InChI is InChI=1S/C27H33N9O3/c1-16(27(37)34-14-18-6-7-19(38-4)11-24(18)39-5)10-21(30)20(13-29)17(2)26-35-23(15-36(26)3)22(12-25(31)32)33-9-8-28/h6-7,10-13,15,29,33H,1,9,14,30H2,2-5H3,(H3,31,32)(H,34,37)/b20-17+,21-10+,22-12-,29-13?. The number of benzene rings is 1. The summed E-state index contributed by atoms with van der Waals surface area (Å²) in [5, 5.41) is 30.1. The van der Waals surface area contributed by atoms with E-state index >= 15 is 0 Å². The zero-order valence-electron chi connectivity index (χ0n) is 22.4. The number of amides is 1. The molecule has 0 radical (unpaired) electrons. The Morgan fingerprint density at radius 1 is 1.26 bits per heavy atom. The van der Waals surface area contributed by atoms with E-state index < -0.39 is 5.91 Å². The van der Waals surface area contributed by atoms with Gasteiger partial charge in [-0.1, -0.05) is 6.58 Å². The van der Waals surface area contributed by atoms with Crippen molar-refractivity contribution >= 4 is 29.2 Å². The molecule has 0 fully saturated rings. The number of imidazole rings is 1. The van der Waals surface area contributed by atoms with Crippen LogP contribution in [0.1, 0.15) is 24.0 Å². The van der Waals surface area contributed by atoms with Crippen LogP contribution in [0.15, 0.2) is 60.0 Å². The normalized spacial score (nSPS) is 12.1. The van der Waals surface area contributed by atoms with E-state index in [1.54, 1.807) is 50.0 Å². The molecule has 2 aromatic rings. The smallest absolute Gasteiger partial charge is 0.251 e. The van der Waals surface area contributed by atoms with Gasteiger partial charge in [0.2, 0.25) is 0 Å². The molecule has 8 N–H and O–H groups in total. The average Bonchev–Trinajstić information content (AvgIpc) is 3.30. The van der Waals surface area contributed by atoms with Gasteiger partial charge in [0.1, 0.15) is 35.4 Å². The lowest BCUT2D eigenvalue weighted by atomic mass is 10.0. The Kier molecular flexibility index (Phi) is 10.6. The summed E-state index contributed by atoms with van der Waals surface area (Å²) in [7, 11) is 4.84. The van der Waals surface area contributed by atoms with Gasteiger partial charge in [-0.3, -0.25) is 10.2 Å². The van der Waals surface area contributed by atoms with Crippen molar-refractivity contribution in [2.24, 2.45) is 18.5 Å². The molecular formula is C27H33N9O3. The molecule has 39 heavy (non-hydrogen) atoms. The van der Waals surface area contributed by atoms with Crippen LogP contribution in [0.5, 0.6) is 11.5 Å². The first-order valence-corrected chi connectivity index (χ1v) is 11.6. The lowest BCUT2D eigenvalue weighted by molar-refractivity contribution is -0.117. The molecule has 1 heterocycles. The van der Waals surface area contributed by atoms with Crippen LogP contribution in [-0.4, -0.2) is 48.3 Å². The Balaban J connectivity index is 2.28. The Hall–Kier alpha value is -5.31. The fraction of sp³-hybridized carbons (Fsp3) is 0.222. The lowest BCUT2D eigenvalue weighted by Crippen LogP contribution is -2.24. The molecule has 0 aliphatic carbocycles. The van der Waals surface area contributed by atoms with Gasteiger partial charge in [0.05, 0.1) is 26.0 Å². The van der Waals surface area contributed by atoms with Crippen molar-refractivity contribution in [3.63, 3.8) is 0 Å². The fourth-order valence-electron chi connectivity index (χ4n) is 3.60. The van der Waals surface area contributed by atoms with Crippen LogP contribution >= 0.6 is 0 Å². The number of allylic oxidation sites excluding steroid dienone is 2. The van der Waals surface area contributed by atoms with E-state index in [1.165, 1.54) is 19.3 Å². The Bertz CT molecular complexity index is 1410. The number of nitrogens with one attached hydrogen (secondary N) is 4. The van der Waals surface area contributed by atoms with Crippen LogP contribution in [0.2, 0.25) is 0 Å². The predicted molar refractivity (Wildman–Crippen MR) is 151 cm³/mol. The number of hydrogen-bond donors (Lipinski definition) is 6. The van der Waals surface area contributed by atoms with Crippen LogP contribution < -0.4 is 31.6 Å². The molecule has 0 unspecified atom stereocenters. The number of ether oxygens (including phenoxy) is 2. The Morgan fingerprint density at radius 3 is 2.56 bits per heavy atom. The third-order valence-electron chi connectivity index (χ3n) is 5.56. The van der Waals surface area contributed by atoms with Crippen LogP contribution in [0, 0.1) is 22.1 Å². The topological polar surface area (TPSA) is 201 Å². The van der Waals surface area contributed by atoms with Crippen LogP contribution in [0.4, 0.5) is 0 Å². The summed E-state index contributed by atoms with van der Waals surface area (Å²) in [6, 6.07) is 7.25. The second-order valence-corrected chi connectivity index (χ2v) is 8.25. The van der Waals surface area contributed by atoms with Gasteiger partial charge < -0.3 is 41.6 Å². The molecular weight excluding hydrogens is 498 g/mol. The van der Waals surface area contributed by atoms with Gasteiger partial charge in [-0.2, -0.15) is 5.26 Å². The number of hydrogen-bond acceptors (Lipinski definition) is 9. The largest absolute Gasteiger partial charge is 0.497 e. The minimum atomic E-state index is -0.445. The van der Waals surface area contributed by atoms with Crippen molar-refractivity contribution in [2.75, 3.05) is 20.8 Å². The number of carbonyl (C=O) groups excluding carboxylic acids is 1. The number of rotatable bonds is 13. The number of nitrogens with two attached hydrogens (primary N) is 2. The SMILES string of the molecule is C=C(/C=C(N)\C(C=N)=C(/C)c1nc(/C(=C/C(=N)N)NCC#N)cn1C)C(=O)NCc1ccc(OC)cc1OC. The Morgan fingerprint density at radius 2 is 1.97 bits per heavy atom. The first-order valence-electron chi connectivity index (χ1n) is 11.6. The van der Waals surface area contributed by atoms with Gasteiger partial charge in [0.25, 0.3) is 5.91 Å². The highest BCUT2D eigenvalue weighted by Crippen LogP contribution is 2.25. The van der Waals surface area contributed by atoms with Gasteiger partial charge >= 0.3 is 0 Å². The van der Waals surface area contributed by atoms with Crippen LogP contribution in [-0.2, 0) is 18.4 Å². The maximum atomic E-state index is 12.7. The number of nitriles is 1. The maximum absolute atomic E-state index is 12.7. The molecule has 0 saturated heterocycles. The minimum Gasteiger partial charge on any atom is -0.497 e. The molecule has 204 valence electrons. The van der Waals surface area contributed by atoms with E-state index in [1.807, 2.05) is 6.07 Å². The summed E-state index contributed by atoms with van der Waals surface area (Å²) in [5.74, 6) is 1.03. The number of methoxy groups -OCH3 is 2. The van der Waals surface area contributed by atoms with E-state index in [0.29, 0.717) is 39.9 Å². The van der Waals surface area contributed by atoms with Gasteiger partial charge in [0.15, 0.2) is 0 Å². The highest BCUT2D eigenvalue weighted by atomic mass is 16.5. The number of aromatic nitrogens is 2. The quantitative estimate of drug-likeness (QED) is 0.0740. The molecule has 1 amide bonds. The van der Waals surface area contributed by atoms with Crippen molar-refractivity contribution in [1.29, 1.82) is 16.1 Å². The predicted octanol–water partition coefficient (Wildman–Crippen LogP) is 1.97. The molecule has 0 atom stereocenters. The summed E-state index contributed by atoms with van der Waals surface area (Å²) in [6.45, 7) is 5.74. The van der Waals surface area contributed by atoms with Crippen molar-refractivity contribution in [3.8, 4) is 17.6 Å². The van der Waals surface area contributed by atoms with Crippen molar-refractivity contribution in [1.82, 2.24) is 20.2 Å². The summed E-state index contributed by atoms with van der Waals surface area (Å²) < 4.78 is 12.3. The monoisotopic (exact) mass is 531 g/mol. The number of carbonyl (C=O) groups is 1. The van der Waals surface area contributed by atoms with E-state index in [4.69, 9.17) is 37.0 Å². The first-order chi connectivity index (χ1) is 18.6. The molecule has 12 nitrogen and oxygen atoms in total. The number of nitrogens with zero attached hydrogens (tertiary/aromatic N) is 3. The molecule has 0 spiro atoms. The van der Waals surface area contributed by atoms with Crippen molar-refractivity contribution in [2.45, 2.75) is 13.5 Å². The van der Waals surface area contributed by atoms with E-state index in [2.05, 4.69) is 22.2 Å². The fourth-order valence-corrected chi connectivity index (χ4v) is 3.60. The lowest BCUT2D eigenvalue weighted by Gasteiger charge is -2.12. The molecule has 12 heteroatoms. The van der Waals surface area contributed by atoms with E-state index in [0.717, 1.165) is 11.8 Å². The molecule has 1 aromatic carbocycles. The van der Waals surface area contributed by atoms with Gasteiger partial charge in [-0.15, -0.1) is 0 Å². The third-order valence-corrected chi connectivity index (χ3v) is 5.56. The van der Waals surface area contributed by atoms with Crippen LogP contribution in [0.25, 0.3) is 11.3 Å². The summed E-state index contributed by atoms with van der Waals surface area (Å²) >= 11 is 0. The third kappa shape index (κ3) is 7.83. The summed E-state index contributed by atoms with van der Waals surface area (Å²) in [5.41, 5.74) is 14.5. The average molecular weight is 532 g/mol. The van der Waals surface area contributed by atoms with E-state index in [-0.39, 0.29) is 30.2 Å². The zero-order valence-corrected chi connectivity index (χ0v) is 22.4. The number of amidine groups is 1. The second kappa shape index (κ2) is 13.8. The first kappa shape index (κ1) is 29.9. The summed E-state index contributed by atoms with van der Waals surface area (Å²) in [6.07, 6.45) is 5.52. The highest BCUT2D eigenvalue weighted by Gasteiger charge is 2.16. The van der Waals surface area contributed by atoms with Gasteiger partial charge in [0, 0.05) is 66.1 Å². The molecule has 0 saturated carbocycles. The van der Waals surface area contributed by atoms with Crippen molar-refractivity contribution in [3.05, 3.63) is 77.1 Å². The molecule has 0 aliphatic heterocycles. The van der Waals surface area contributed by atoms with E-state index in [9.17, 15) is 4.79 Å². The molecule has 1 aromatic heterocycles. The molecule has 0 aliphatic rings. The van der Waals surface area contributed by atoms with Gasteiger partial charge in [-0.05, 0) is 25.1 Å². The van der Waals surface area contributed by atoms with Crippen LogP contribution in [0.3, 0.4) is 0 Å². The minimum absolute atomic E-state index is 0.00328. The Labute approximate surface area is 227 Å². The van der Waals surface area contributed by atoms with Crippen molar-refractivity contribution < 1.29 is 14.3 Å². The maximum Gasteiger partial charge on any atom is 0.251 e. The number of aryl methyl sites for hydroxylation is 1. The molecule has 2 rings (SSSR count). The molecule has 0 bridgehead atoms. The van der Waals surface area contributed by atoms with Gasteiger partial charge in [-0.25, -0.2) is 4.98 Å². The zero-order chi connectivity index (χ0) is 29.1. The summed E-state index contributed by atoms with van der Waals surface area (Å²) in [4.78, 5) is 17.3.